The SMILES string of the molecule is COC(=O)CN(C)NC(=O)C[C@@H](N)[C@H]1C[C@H]1CN. The minimum atomic E-state index is -0.410. The number of rotatable bonds is 7. The fraction of sp³-hybridized carbons (Fsp3) is 0.818. The van der Waals surface area contributed by atoms with Crippen molar-refractivity contribution in [2.75, 3.05) is 27.2 Å². The van der Waals surface area contributed by atoms with Gasteiger partial charge < -0.3 is 16.2 Å². The molecular weight excluding hydrogens is 236 g/mol. The van der Waals surface area contributed by atoms with Crippen LogP contribution in [0, 0.1) is 11.8 Å². The first-order chi connectivity index (χ1) is 8.47. The second-order valence-electron chi connectivity index (χ2n) is 4.73. The van der Waals surface area contributed by atoms with Gasteiger partial charge in [-0.25, -0.2) is 5.01 Å². The summed E-state index contributed by atoms with van der Waals surface area (Å²) in [5.41, 5.74) is 14.0. The molecule has 0 radical (unpaired) electrons. The lowest BCUT2D eigenvalue weighted by atomic mass is 10.1. The summed E-state index contributed by atoms with van der Waals surface area (Å²) in [7, 11) is 2.90. The quantitative estimate of drug-likeness (QED) is 0.376. The summed E-state index contributed by atoms with van der Waals surface area (Å²) in [5, 5.41) is 1.38. The van der Waals surface area contributed by atoms with Crippen LogP contribution in [0.2, 0.25) is 0 Å². The zero-order chi connectivity index (χ0) is 13.7. The lowest BCUT2D eigenvalue weighted by molar-refractivity contribution is -0.143. The molecule has 1 aliphatic carbocycles. The standard InChI is InChI=1S/C11H22N4O3/c1-15(6-11(17)18-2)14-10(16)4-9(13)8-3-7(8)5-12/h7-9H,3-6,12-13H2,1-2H3,(H,14,16)/t7-,8-,9+/m0/s1. The molecule has 0 spiro atoms. The first-order valence-corrected chi connectivity index (χ1v) is 6.01. The molecule has 0 aromatic carbocycles. The van der Waals surface area contributed by atoms with Gasteiger partial charge in [-0.15, -0.1) is 0 Å². The Morgan fingerprint density at radius 3 is 2.72 bits per heavy atom. The number of nitrogens with zero attached hydrogens (tertiary/aromatic N) is 1. The molecule has 104 valence electrons. The predicted octanol–water partition coefficient (Wildman–Crippen LogP) is -1.57. The molecule has 1 amide bonds. The van der Waals surface area contributed by atoms with E-state index < -0.39 is 5.97 Å². The molecule has 0 aromatic rings. The molecule has 3 atom stereocenters. The van der Waals surface area contributed by atoms with Crippen molar-refractivity contribution < 1.29 is 14.3 Å². The smallest absolute Gasteiger partial charge is 0.321 e. The van der Waals surface area contributed by atoms with Crippen LogP contribution in [-0.4, -0.2) is 50.2 Å². The number of methoxy groups -OCH3 is 1. The minimum absolute atomic E-state index is 0.00628. The fourth-order valence-corrected chi connectivity index (χ4v) is 1.99. The average Bonchev–Trinajstić information content (AvgIpc) is 3.07. The van der Waals surface area contributed by atoms with E-state index in [-0.39, 0.29) is 24.9 Å². The average molecular weight is 258 g/mol. The van der Waals surface area contributed by atoms with Crippen LogP contribution >= 0.6 is 0 Å². The van der Waals surface area contributed by atoms with E-state index >= 15 is 0 Å². The van der Waals surface area contributed by atoms with Crippen LogP contribution in [0.25, 0.3) is 0 Å². The number of hydrogen-bond donors (Lipinski definition) is 3. The highest BCUT2D eigenvalue weighted by atomic mass is 16.5. The first kappa shape index (κ1) is 14.9. The Morgan fingerprint density at radius 1 is 1.56 bits per heavy atom. The van der Waals surface area contributed by atoms with E-state index in [0.717, 1.165) is 6.42 Å². The molecule has 5 N–H and O–H groups in total. The molecule has 18 heavy (non-hydrogen) atoms. The Kier molecular flexibility index (Phi) is 5.52. The van der Waals surface area contributed by atoms with Crippen LogP contribution in [0.5, 0.6) is 0 Å². The van der Waals surface area contributed by atoms with Gasteiger partial charge in [-0.1, -0.05) is 0 Å². The third-order valence-electron chi connectivity index (χ3n) is 3.16. The van der Waals surface area contributed by atoms with Crippen molar-refractivity contribution in [2.24, 2.45) is 23.3 Å². The molecule has 1 rings (SSSR count). The Balaban J connectivity index is 2.22. The van der Waals surface area contributed by atoms with Crippen LogP contribution in [0.15, 0.2) is 0 Å². The third kappa shape index (κ3) is 4.59. The van der Waals surface area contributed by atoms with Crippen molar-refractivity contribution in [3.05, 3.63) is 0 Å². The summed E-state index contributed by atoms with van der Waals surface area (Å²) in [6.07, 6.45) is 1.25. The third-order valence-corrected chi connectivity index (χ3v) is 3.16. The molecule has 0 unspecified atom stereocenters. The van der Waals surface area contributed by atoms with E-state index in [2.05, 4.69) is 10.2 Å². The van der Waals surface area contributed by atoms with Gasteiger partial charge in [0.25, 0.3) is 0 Å². The monoisotopic (exact) mass is 258 g/mol. The minimum Gasteiger partial charge on any atom is -0.468 e. The van der Waals surface area contributed by atoms with E-state index in [4.69, 9.17) is 11.5 Å². The zero-order valence-electron chi connectivity index (χ0n) is 10.9. The summed E-state index contributed by atoms with van der Waals surface area (Å²) >= 11 is 0. The van der Waals surface area contributed by atoms with Crippen molar-refractivity contribution in [1.29, 1.82) is 0 Å². The number of likely N-dealkylation sites (N-methyl/N-ethyl adjacent to an activating group) is 1. The highest BCUT2D eigenvalue weighted by Crippen LogP contribution is 2.40. The Labute approximate surface area is 107 Å². The number of nitrogens with two attached hydrogens (primary N) is 2. The lowest BCUT2D eigenvalue weighted by Gasteiger charge is -2.18. The number of hydrazine groups is 1. The van der Waals surface area contributed by atoms with E-state index in [0.29, 0.717) is 18.4 Å². The number of ether oxygens (including phenoxy) is 1. The molecule has 0 aromatic heterocycles. The highest BCUT2D eigenvalue weighted by Gasteiger charge is 2.40. The maximum atomic E-state index is 11.6. The summed E-state index contributed by atoms with van der Waals surface area (Å²) in [6.45, 7) is 0.633. The Hall–Kier alpha value is -1.18. The van der Waals surface area contributed by atoms with Crippen LogP contribution < -0.4 is 16.9 Å². The van der Waals surface area contributed by atoms with Gasteiger partial charge in [0, 0.05) is 19.5 Å². The summed E-state index contributed by atoms with van der Waals surface area (Å²) in [6, 6.07) is -0.162. The molecule has 0 bridgehead atoms. The zero-order valence-corrected chi connectivity index (χ0v) is 10.9. The number of hydrogen-bond acceptors (Lipinski definition) is 6. The highest BCUT2D eigenvalue weighted by molar-refractivity contribution is 5.77. The molecule has 7 nitrogen and oxygen atoms in total. The van der Waals surface area contributed by atoms with E-state index in [9.17, 15) is 9.59 Å². The molecular formula is C11H22N4O3. The van der Waals surface area contributed by atoms with Crippen molar-refractivity contribution in [1.82, 2.24) is 10.4 Å². The fourth-order valence-electron chi connectivity index (χ4n) is 1.99. The molecule has 1 saturated carbocycles. The lowest BCUT2D eigenvalue weighted by Crippen LogP contribution is -2.44. The number of carbonyl (C=O) groups is 2. The van der Waals surface area contributed by atoms with Gasteiger partial charge >= 0.3 is 5.97 Å². The van der Waals surface area contributed by atoms with Gasteiger partial charge in [-0.3, -0.25) is 15.0 Å². The maximum Gasteiger partial charge on any atom is 0.321 e. The first-order valence-electron chi connectivity index (χ1n) is 6.01. The maximum absolute atomic E-state index is 11.6. The van der Waals surface area contributed by atoms with Crippen LogP contribution in [0.1, 0.15) is 12.8 Å². The molecule has 0 aliphatic heterocycles. The van der Waals surface area contributed by atoms with Gasteiger partial charge in [-0.05, 0) is 24.8 Å². The van der Waals surface area contributed by atoms with Crippen LogP contribution in [0.4, 0.5) is 0 Å². The van der Waals surface area contributed by atoms with Gasteiger partial charge in [0.15, 0.2) is 0 Å². The normalized spacial score (nSPS) is 23.6. The van der Waals surface area contributed by atoms with Crippen LogP contribution in [-0.2, 0) is 14.3 Å². The van der Waals surface area contributed by atoms with Crippen molar-refractivity contribution in [3.8, 4) is 0 Å². The molecule has 0 saturated heterocycles. The summed E-state index contributed by atoms with van der Waals surface area (Å²) in [4.78, 5) is 22.6. The second kappa shape index (κ2) is 6.67. The van der Waals surface area contributed by atoms with Gasteiger partial charge in [0.2, 0.25) is 5.91 Å². The Morgan fingerprint density at radius 2 is 2.22 bits per heavy atom. The van der Waals surface area contributed by atoms with E-state index in [1.165, 1.54) is 12.1 Å². The predicted molar refractivity (Wildman–Crippen MR) is 66.0 cm³/mol. The second-order valence-corrected chi connectivity index (χ2v) is 4.73. The number of nitrogens with one attached hydrogen (secondary N) is 1. The number of carbonyl (C=O) groups excluding carboxylic acids is 2. The molecule has 0 heterocycles. The molecule has 1 fully saturated rings. The van der Waals surface area contributed by atoms with Gasteiger partial charge in [0.1, 0.15) is 6.54 Å². The van der Waals surface area contributed by atoms with E-state index in [1.54, 1.807) is 7.05 Å². The number of esters is 1. The van der Waals surface area contributed by atoms with Gasteiger partial charge in [-0.2, -0.15) is 0 Å². The van der Waals surface area contributed by atoms with Crippen molar-refractivity contribution >= 4 is 11.9 Å². The molecule has 7 heteroatoms. The largest absolute Gasteiger partial charge is 0.468 e. The molecule has 1 aliphatic rings. The van der Waals surface area contributed by atoms with Crippen LogP contribution in [0.3, 0.4) is 0 Å². The van der Waals surface area contributed by atoms with Gasteiger partial charge in [0.05, 0.1) is 7.11 Å². The van der Waals surface area contributed by atoms with Crippen molar-refractivity contribution in [3.63, 3.8) is 0 Å². The summed E-state index contributed by atoms with van der Waals surface area (Å²) in [5.74, 6) is 0.205. The topological polar surface area (TPSA) is 111 Å². The van der Waals surface area contributed by atoms with E-state index in [1.807, 2.05) is 0 Å². The summed E-state index contributed by atoms with van der Waals surface area (Å²) < 4.78 is 4.49. The Bertz CT molecular complexity index is 311. The number of amides is 1. The van der Waals surface area contributed by atoms with Crippen molar-refractivity contribution in [2.45, 2.75) is 18.9 Å².